The molecule has 2 aromatic carbocycles. The predicted molar refractivity (Wildman–Crippen MR) is 86.0 cm³/mol. The fraction of sp³-hybridized carbons (Fsp3) is 0.222. The molecule has 2 rings (SSSR count). The van der Waals surface area contributed by atoms with Crippen LogP contribution in [0.1, 0.15) is 17.5 Å². The Labute approximate surface area is 134 Å². The smallest absolute Gasteiger partial charge is 0.229 e. The number of carbonyl (C=O) groups excluding carboxylic acids is 2. The molecule has 0 bridgehead atoms. The van der Waals surface area contributed by atoms with Gasteiger partial charge in [0.05, 0.1) is 0 Å². The van der Waals surface area contributed by atoms with Crippen LogP contribution in [0.3, 0.4) is 0 Å². The third-order valence-electron chi connectivity index (χ3n) is 3.33. The van der Waals surface area contributed by atoms with Crippen LogP contribution in [0, 0.1) is 5.82 Å². The number of hydrogen-bond donors (Lipinski definition) is 2. The number of hydrogen-bond acceptors (Lipinski definition) is 2. The lowest BCUT2D eigenvalue weighted by Crippen LogP contribution is -2.32. The monoisotopic (exact) mass is 314 g/mol. The first kappa shape index (κ1) is 16.7. The summed E-state index contributed by atoms with van der Waals surface area (Å²) in [7, 11) is 0. The highest BCUT2D eigenvalue weighted by atomic mass is 19.1. The fourth-order valence-electron chi connectivity index (χ4n) is 2.10. The highest BCUT2D eigenvalue weighted by Crippen LogP contribution is 2.05. The Balaban J connectivity index is 1.66. The van der Waals surface area contributed by atoms with Crippen molar-refractivity contribution in [1.82, 2.24) is 10.6 Å². The van der Waals surface area contributed by atoms with Gasteiger partial charge in [0, 0.05) is 18.7 Å². The van der Waals surface area contributed by atoms with Crippen LogP contribution in [0.2, 0.25) is 0 Å². The van der Waals surface area contributed by atoms with Gasteiger partial charge in [-0.25, -0.2) is 4.39 Å². The molecular formula is C18H19FN2O2. The Morgan fingerprint density at radius 3 is 2.26 bits per heavy atom. The van der Waals surface area contributed by atoms with Crippen LogP contribution in [0.5, 0.6) is 0 Å². The van der Waals surface area contributed by atoms with Crippen molar-refractivity contribution in [1.29, 1.82) is 0 Å². The van der Waals surface area contributed by atoms with Crippen molar-refractivity contribution in [3.8, 4) is 0 Å². The van der Waals surface area contributed by atoms with Gasteiger partial charge in [0.1, 0.15) is 12.2 Å². The largest absolute Gasteiger partial charge is 0.355 e. The average molecular weight is 314 g/mol. The minimum Gasteiger partial charge on any atom is -0.355 e. The molecule has 2 aromatic rings. The molecule has 0 saturated carbocycles. The lowest BCUT2D eigenvalue weighted by Gasteiger charge is -2.07. The van der Waals surface area contributed by atoms with Gasteiger partial charge in [-0.1, -0.05) is 48.5 Å². The summed E-state index contributed by atoms with van der Waals surface area (Å²) in [4.78, 5) is 23.4. The summed E-state index contributed by atoms with van der Waals surface area (Å²) in [5.74, 6) is -1.14. The van der Waals surface area contributed by atoms with Crippen molar-refractivity contribution in [3.63, 3.8) is 0 Å². The van der Waals surface area contributed by atoms with Gasteiger partial charge in [-0.05, 0) is 18.1 Å². The van der Waals surface area contributed by atoms with Crippen LogP contribution in [0.25, 0.3) is 0 Å². The summed E-state index contributed by atoms with van der Waals surface area (Å²) < 4.78 is 13.4. The Morgan fingerprint density at radius 2 is 1.52 bits per heavy atom. The van der Waals surface area contributed by atoms with E-state index in [0.717, 1.165) is 5.56 Å². The maximum Gasteiger partial charge on any atom is 0.229 e. The molecule has 0 atom stereocenters. The van der Waals surface area contributed by atoms with E-state index < -0.39 is 5.91 Å². The molecule has 0 radical (unpaired) electrons. The normalized spacial score (nSPS) is 10.1. The molecule has 0 aromatic heterocycles. The van der Waals surface area contributed by atoms with Gasteiger partial charge in [0.2, 0.25) is 11.8 Å². The number of halogens is 1. The first-order chi connectivity index (χ1) is 11.1. The summed E-state index contributed by atoms with van der Waals surface area (Å²) in [6, 6.07) is 16.0. The first-order valence-electron chi connectivity index (χ1n) is 7.46. The third-order valence-corrected chi connectivity index (χ3v) is 3.33. The van der Waals surface area contributed by atoms with Crippen LogP contribution in [0.4, 0.5) is 4.39 Å². The zero-order chi connectivity index (χ0) is 16.5. The lowest BCUT2D eigenvalue weighted by molar-refractivity contribution is -0.129. The van der Waals surface area contributed by atoms with E-state index in [9.17, 15) is 14.0 Å². The molecule has 2 amide bonds. The zero-order valence-corrected chi connectivity index (χ0v) is 12.7. The standard InChI is InChI=1S/C18H19FN2O2/c19-16-9-5-4-8-15(16)13-21-18(23)12-17(22)20-11-10-14-6-2-1-3-7-14/h1-9H,10-13H2,(H,20,22)(H,21,23). The van der Waals surface area contributed by atoms with Gasteiger partial charge in [-0.2, -0.15) is 0 Å². The SMILES string of the molecule is O=C(CC(=O)NCc1ccccc1F)NCCc1ccccc1. The summed E-state index contributed by atoms with van der Waals surface area (Å²) in [6.45, 7) is 0.548. The fourth-order valence-corrected chi connectivity index (χ4v) is 2.10. The summed E-state index contributed by atoms with van der Waals surface area (Å²) in [6.07, 6.45) is 0.451. The van der Waals surface area contributed by atoms with Crippen LogP contribution in [-0.2, 0) is 22.6 Å². The lowest BCUT2D eigenvalue weighted by atomic mass is 10.1. The summed E-state index contributed by atoms with van der Waals surface area (Å²) in [5, 5.41) is 5.24. The first-order valence-corrected chi connectivity index (χ1v) is 7.46. The Hall–Kier alpha value is -2.69. The van der Waals surface area contributed by atoms with Crippen molar-refractivity contribution >= 4 is 11.8 Å². The molecule has 4 nitrogen and oxygen atoms in total. The van der Waals surface area contributed by atoms with E-state index in [-0.39, 0.29) is 24.7 Å². The van der Waals surface area contributed by atoms with Gasteiger partial charge >= 0.3 is 0 Å². The van der Waals surface area contributed by atoms with Crippen LogP contribution < -0.4 is 10.6 Å². The van der Waals surface area contributed by atoms with E-state index in [2.05, 4.69) is 10.6 Å². The van der Waals surface area contributed by atoms with Crippen molar-refractivity contribution in [3.05, 3.63) is 71.5 Å². The Morgan fingerprint density at radius 1 is 0.870 bits per heavy atom. The van der Waals surface area contributed by atoms with E-state index in [4.69, 9.17) is 0 Å². The van der Waals surface area contributed by atoms with E-state index in [1.165, 1.54) is 6.07 Å². The minimum absolute atomic E-state index is 0.0722. The molecule has 0 fully saturated rings. The molecule has 0 saturated heterocycles. The molecular weight excluding hydrogens is 295 g/mol. The number of amides is 2. The topological polar surface area (TPSA) is 58.2 Å². The van der Waals surface area contributed by atoms with Gasteiger partial charge in [-0.3, -0.25) is 9.59 Å². The molecule has 120 valence electrons. The predicted octanol–water partition coefficient (Wildman–Crippen LogP) is 2.19. The van der Waals surface area contributed by atoms with Gasteiger partial charge in [-0.15, -0.1) is 0 Å². The number of carbonyl (C=O) groups is 2. The summed E-state index contributed by atoms with van der Waals surface area (Å²) >= 11 is 0. The van der Waals surface area contributed by atoms with Crippen LogP contribution in [0.15, 0.2) is 54.6 Å². The molecule has 0 aliphatic heterocycles. The van der Waals surface area contributed by atoms with E-state index in [0.29, 0.717) is 18.5 Å². The van der Waals surface area contributed by atoms with Crippen molar-refractivity contribution in [2.75, 3.05) is 6.54 Å². The van der Waals surface area contributed by atoms with E-state index in [1.54, 1.807) is 18.2 Å². The molecule has 0 spiro atoms. The molecule has 0 aliphatic carbocycles. The second-order valence-electron chi connectivity index (χ2n) is 5.13. The van der Waals surface area contributed by atoms with Crippen molar-refractivity contribution in [2.45, 2.75) is 19.4 Å². The second-order valence-corrected chi connectivity index (χ2v) is 5.13. The Kier molecular flexibility index (Phi) is 6.29. The van der Waals surface area contributed by atoms with E-state index >= 15 is 0 Å². The quantitative estimate of drug-likeness (QED) is 0.770. The maximum absolute atomic E-state index is 13.4. The average Bonchev–Trinajstić information content (AvgIpc) is 2.55. The van der Waals surface area contributed by atoms with Gasteiger partial charge in [0.25, 0.3) is 0 Å². The van der Waals surface area contributed by atoms with E-state index in [1.807, 2.05) is 30.3 Å². The van der Waals surface area contributed by atoms with Crippen molar-refractivity contribution in [2.24, 2.45) is 0 Å². The molecule has 0 unspecified atom stereocenters. The number of nitrogens with one attached hydrogen (secondary N) is 2. The van der Waals surface area contributed by atoms with Gasteiger partial charge < -0.3 is 10.6 Å². The van der Waals surface area contributed by atoms with Crippen LogP contribution in [-0.4, -0.2) is 18.4 Å². The number of benzene rings is 2. The molecule has 0 heterocycles. The van der Waals surface area contributed by atoms with Crippen LogP contribution >= 0.6 is 0 Å². The zero-order valence-electron chi connectivity index (χ0n) is 12.7. The summed E-state index contributed by atoms with van der Waals surface area (Å²) in [5.41, 5.74) is 1.52. The van der Waals surface area contributed by atoms with Crippen molar-refractivity contribution < 1.29 is 14.0 Å². The third kappa shape index (κ3) is 5.90. The Bertz CT molecular complexity index is 659. The molecule has 5 heteroatoms. The molecule has 2 N–H and O–H groups in total. The maximum atomic E-state index is 13.4. The number of rotatable bonds is 7. The second kappa shape index (κ2) is 8.68. The molecule has 0 aliphatic rings. The minimum atomic E-state index is -0.425. The van der Waals surface area contributed by atoms with Gasteiger partial charge in [0.15, 0.2) is 0 Å². The molecule has 23 heavy (non-hydrogen) atoms. The highest BCUT2D eigenvalue weighted by molar-refractivity contribution is 5.96. The highest BCUT2D eigenvalue weighted by Gasteiger charge is 2.09.